The number of nitriles is 2. The molecule has 2 aromatic heterocycles. The summed E-state index contributed by atoms with van der Waals surface area (Å²) in [5, 5.41) is 20.9. The van der Waals surface area contributed by atoms with Gasteiger partial charge in [-0.3, -0.25) is 0 Å². The smallest absolute Gasteiger partial charge is 0.0991 e. The monoisotopic (exact) mass is 476 g/mol. The predicted molar refractivity (Wildman–Crippen MR) is 148 cm³/mol. The van der Waals surface area contributed by atoms with Crippen molar-refractivity contribution >= 4 is 21.8 Å². The van der Waals surface area contributed by atoms with Gasteiger partial charge in [-0.25, -0.2) is 0 Å². The first kappa shape index (κ1) is 22.4. The third-order valence-corrected chi connectivity index (χ3v) is 7.32. The Labute approximate surface area is 215 Å². The van der Waals surface area contributed by atoms with Gasteiger partial charge in [-0.05, 0) is 71.8 Å². The van der Waals surface area contributed by atoms with Crippen LogP contribution in [0.5, 0.6) is 0 Å². The molecule has 0 bridgehead atoms. The summed E-state index contributed by atoms with van der Waals surface area (Å²) in [6, 6.07) is 36.8. The van der Waals surface area contributed by atoms with Crippen molar-refractivity contribution in [2.45, 2.75) is 19.3 Å². The molecule has 6 rings (SSSR count). The second kappa shape index (κ2) is 8.55. The van der Waals surface area contributed by atoms with Crippen LogP contribution < -0.4 is 0 Å². The zero-order chi connectivity index (χ0) is 25.6. The number of rotatable bonds is 4. The molecule has 0 N–H and O–H groups in total. The fourth-order valence-corrected chi connectivity index (χ4v) is 5.32. The van der Waals surface area contributed by atoms with E-state index in [1.54, 1.807) is 0 Å². The highest BCUT2D eigenvalue weighted by Crippen LogP contribution is 2.42. The Morgan fingerprint density at radius 2 is 0.919 bits per heavy atom. The molecule has 0 aliphatic heterocycles. The lowest BCUT2D eigenvalue weighted by Gasteiger charge is -2.24. The van der Waals surface area contributed by atoms with Gasteiger partial charge in [0.25, 0.3) is 0 Å². The van der Waals surface area contributed by atoms with Crippen LogP contribution in [0.2, 0.25) is 0 Å². The zero-order valence-corrected chi connectivity index (χ0v) is 20.7. The molecule has 0 amide bonds. The molecule has 0 spiro atoms. The normalized spacial score (nSPS) is 11.5. The maximum atomic E-state index is 9.23. The molecule has 6 aromatic rings. The van der Waals surface area contributed by atoms with Gasteiger partial charge in [0.05, 0.1) is 34.3 Å². The standard InChI is InChI=1S/C33H24N4/c1-33(2,29-21-36(31-9-5-3-7-27(29)31)25-15-11-23(19-34)12-16-25)30-22-37(32-10-6-4-8-28(30)32)26-17-13-24(20-35)14-18-26/h3-18,21-22H,1-2H3. The van der Waals surface area contributed by atoms with Crippen LogP contribution in [0.4, 0.5) is 0 Å². The Hall–Kier alpha value is -5.06. The fourth-order valence-electron chi connectivity index (χ4n) is 5.32. The second-order valence-corrected chi connectivity index (χ2v) is 9.80. The predicted octanol–water partition coefficient (Wildman–Crippen LogP) is 7.64. The molecule has 0 saturated heterocycles. The Bertz CT molecular complexity index is 1710. The van der Waals surface area contributed by atoms with E-state index in [2.05, 4.69) is 96.0 Å². The van der Waals surface area contributed by atoms with Gasteiger partial charge in [-0.15, -0.1) is 0 Å². The summed E-state index contributed by atoms with van der Waals surface area (Å²) >= 11 is 0. The molecule has 2 heterocycles. The van der Waals surface area contributed by atoms with Gasteiger partial charge >= 0.3 is 0 Å². The lowest BCUT2D eigenvalue weighted by atomic mass is 9.78. The molecule has 176 valence electrons. The van der Waals surface area contributed by atoms with Gasteiger partial charge in [-0.2, -0.15) is 10.5 Å². The summed E-state index contributed by atoms with van der Waals surface area (Å²) in [4.78, 5) is 0. The third-order valence-electron chi connectivity index (χ3n) is 7.32. The van der Waals surface area contributed by atoms with Gasteiger partial charge in [0.2, 0.25) is 0 Å². The molecular weight excluding hydrogens is 452 g/mol. The van der Waals surface area contributed by atoms with E-state index in [4.69, 9.17) is 0 Å². The Balaban J connectivity index is 1.56. The van der Waals surface area contributed by atoms with E-state index in [-0.39, 0.29) is 5.41 Å². The van der Waals surface area contributed by atoms with E-state index in [9.17, 15) is 10.5 Å². The van der Waals surface area contributed by atoms with Crippen LogP contribution in [-0.2, 0) is 5.41 Å². The van der Waals surface area contributed by atoms with Crippen LogP contribution in [0.3, 0.4) is 0 Å². The first-order chi connectivity index (χ1) is 18.0. The van der Waals surface area contributed by atoms with Crippen molar-refractivity contribution in [1.82, 2.24) is 9.13 Å². The van der Waals surface area contributed by atoms with Crippen molar-refractivity contribution in [3.8, 4) is 23.5 Å². The highest BCUT2D eigenvalue weighted by Gasteiger charge is 2.31. The first-order valence-corrected chi connectivity index (χ1v) is 12.2. The van der Waals surface area contributed by atoms with E-state index in [1.165, 1.54) is 21.9 Å². The summed E-state index contributed by atoms with van der Waals surface area (Å²) < 4.78 is 4.43. The van der Waals surface area contributed by atoms with Gasteiger partial charge < -0.3 is 9.13 Å². The van der Waals surface area contributed by atoms with E-state index in [1.807, 2.05) is 48.5 Å². The average molecular weight is 477 g/mol. The number of hydrogen-bond acceptors (Lipinski definition) is 2. The molecule has 0 aliphatic carbocycles. The fraction of sp³-hybridized carbons (Fsp3) is 0.0909. The first-order valence-electron chi connectivity index (χ1n) is 12.2. The maximum absolute atomic E-state index is 9.23. The molecule has 37 heavy (non-hydrogen) atoms. The minimum Gasteiger partial charge on any atom is -0.316 e. The van der Waals surface area contributed by atoms with E-state index in [0.717, 1.165) is 22.4 Å². The lowest BCUT2D eigenvalue weighted by Crippen LogP contribution is -2.18. The Morgan fingerprint density at radius 1 is 0.541 bits per heavy atom. The number of fused-ring (bicyclic) bond motifs is 2. The van der Waals surface area contributed by atoms with E-state index in [0.29, 0.717) is 11.1 Å². The highest BCUT2D eigenvalue weighted by atomic mass is 15.0. The molecular formula is C33H24N4. The van der Waals surface area contributed by atoms with Crippen LogP contribution >= 0.6 is 0 Å². The van der Waals surface area contributed by atoms with Gasteiger partial charge in [0, 0.05) is 40.0 Å². The number of para-hydroxylation sites is 2. The molecule has 4 heteroatoms. The third kappa shape index (κ3) is 3.59. The SMILES string of the molecule is CC(C)(c1cn(-c2ccc(C#N)cc2)c2ccccc12)c1cn(-c2ccc(C#N)cc2)c2ccccc12. The van der Waals surface area contributed by atoms with Crippen molar-refractivity contribution < 1.29 is 0 Å². The number of aromatic nitrogens is 2. The topological polar surface area (TPSA) is 57.4 Å². The van der Waals surface area contributed by atoms with Crippen LogP contribution in [0, 0.1) is 22.7 Å². The minimum atomic E-state index is -0.311. The van der Waals surface area contributed by atoms with Gasteiger partial charge in [-0.1, -0.05) is 50.2 Å². The summed E-state index contributed by atoms with van der Waals surface area (Å²) in [5.41, 5.74) is 7.76. The van der Waals surface area contributed by atoms with E-state index < -0.39 is 0 Å². The summed E-state index contributed by atoms with van der Waals surface area (Å²) in [6.45, 7) is 4.56. The largest absolute Gasteiger partial charge is 0.316 e. The molecule has 0 saturated carbocycles. The van der Waals surface area contributed by atoms with Crippen molar-refractivity contribution in [2.75, 3.05) is 0 Å². The lowest BCUT2D eigenvalue weighted by molar-refractivity contribution is 0.650. The number of benzene rings is 4. The minimum absolute atomic E-state index is 0.311. The van der Waals surface area contributed by atoms with Crippen LogP contribution in [-0.4, -0.2) is 9.13 Å². The van der Waals surface area contributed by atoms with Crippen molar-refractivity contribution in [3.63, 3.8) is 0 Å². The Kier molecular flexibility index (Phi) is 5.18. The summed E-state index contributed by atoms with van der Waals surface area (Å²) in [5.74, 6) is 0. The molecule has 0 aliphatic rings. The molecule has 4 aromatic carbocycles. The quantitative estimate of drug-likeness (QED) is 0.262. The van der Waals surface area contributed by atoms with E-state index >= 15 is 0 Å². The average Bonchev–Trinajstić information content (AvgIpc) is 3.54. The second-order valence-electron chi connectivity index (χ2n) is 9.80. The Morgan fingerprint density at radius 3 is 1.30 bits per heavy atom. The van der Waals surface area contributed by atoms with Crippen molar-refractivity contribution in [3.05, 3.63) is 132 Å². The molecule has 0 atom stereocenters. The zero-order valence-electron chi connectivity index (χ0n) is 20.7. The van der Waals surface area contributed by atoms with Gasteiger partial charge in [0.15, 0.2) is 0 Å². The number of hydrogen-bond donors (Lipinski definition) is 0. The van der Waals surface area contributed by atoms with Crippen molar-refractivity contribution in [1.29, 1.82) is 10.5 Å². The molecule has 4 nitrogen and oxygen atoms in total. The van der Waals surface area contributed by atoms with Crippen LogP contribution in [0.1, 0.15) is 36.1 Å². The summed E-state index contributed by atoms with van der Waals surface area (Å²) in [7, 11) is 0. The molecule has 0 unspecified atom stereocenters. The highest BCUT2D eigenvalue weighted by molar-refractivity contribution is 5.91. The summed E-state index contributed by atoms with van der Waals surface area (Å²) in [6.07, 6.45) is 4.47. The van der Waals surface area contributed by atoms with Crippen LogP contribution in [0.15, 0.2) is 109 Å². The number of nitrogens with zero attached hydrogens (tertiary/aromatic N) is 4. The molecule has 0 radical (unpaired) electrons. The van der Waals surface area contributed by atoms with Gasteiger partial charge in [0.1, 0.15) is 0 Å². The van der Waals surface area contributed by atoms with Crippen molar-refractivity contribution in [2.24, 2.45) is 0 Å². The maximum Gasteiger partial charge on any atom is 0.0991 e. The van der Waals surface area contributed by atoms with Crippen LogP contribution in [0.25, 0.3) is 33.2 Å². The molecule has 0 fully saturated rings.